The number of aromatic nitrogens is 1. The van der Waals surface area contributed by atoms with Gasteiger partial charge in [-0.1, -0.05) is 17.3 Å². The number of benzene rings is 1. The van der Waals surface area contributed by atoms with Crippen LogP contribution in [0.2, 0.25) is 0 Å². The Morgan fingerprint density at radius 3 is 2.81 bits per heavy atom. The number of para-hydroxylation sites is 1. The normalized spacial score (nSPS) is 10.1. The summed E-state index contributed by atoms with van der Waals surface area (Å²) < 4.78 is 6.91. The molecule has 0 aliphatic heterocycles. The molecule has 0 aliphatic carbocycles. The zero-order valence-corrected chi connectivity index (χ0v) is 13.0. The van der Waals surface area contributed by atoms with Gasteiger partial charge in [0.15, 0.2) is 12.4 Å². The van der Waals surface area contributed by atoms with E-state index in [1.165, 1.54) is 13.3 Å². The molecule has 2 rings (SSSR count). The second-order valence-electron chi connectivity index (χ2n) is 4.18. The molecule has 0 saturated carbocycles. The predicted octanol–water partition coefficient (Wildman–Crippen LogP) is -1.32. The van der Waals surface area contributed by atoms with Crippen molar-refractivity contribution in [2.24, 2.45) is 5.16 Å². The van der Waals surface area contributed by atoms with Gasteiger partial charge in [-0.2, -0.15) is 4.57 Å². The maximum Gasteiger partial charge on any atom is 0.231 e. The summed E-state index contributed by atoms with van der Waals surface area (Å²) in [5, 5.41) is 11.5. The molecule has 2 aromatic rings. The maximum absolute atomic E-state index is 12.3. The number of rotatable bonds is 5. The molecule has 0 fully saturated rings. The van der Waals surface area contributed by atoms with Crippen LogP contribution in [0, 0.1) is 0 Å². The van der Waals surface area contributed by atoms with E-state index in [-0.39, 0.29) is 29.3 Å². The molecule has 0 spiro atoms. The van der Waals surface area contributed by atoms with Crippen molar-refractivity contribution >= 4 is 12.0 Å². The summed E-state index contributed by atoms with van der Waals surface area (Å²) in [6, 6.07) is 10.7. The van der Waals surface area contributed by atoms with E-state index in [4.69, 9.17) is 9.94 Å². The molecule has 1 aromatic carbocycles. The van der Waals surface area contributed by atoms with Crippen LogP contribution in [0.3, 0.4) is 0 Å². The van der Waals surface area contributed by atoms with E-state index < -0.39 is 0 Å². The van der Waals surface area contributed by atoms with Crippen LogP contribution >= 0.6 is 0 Å². The third-order valence-corrected chi connectivity index (χ3v) is 2.82. The van der Waals surface area contributed by atoms with Gasteiger partial charge in [0.2, 0.25) is 12.3 Å². The number of nitrogens with zero attached hydrogens (tertiary/aromatic N) is 2. The van der Waals surface area contributed by atoms with E-state index in [1.54, 1.807) is 47.3 Å². The second kappa shape index (κ2) is 8.16. The van der Waals surface area contributed by atoms with Gasteiger partial charge in [-0.05, 0) is 18.2 Å². The van der Waals surface area contributed by atoms with E-state index in [0.29, 0.717) is 16.9 Å². The van der Waals surface area contributed by atoms with Gasteiger partial charge >= 0.3 is 0 Å². The van der Waals surface area contributed by atoms with Crippen molar-refractivity contribution in [1.82, 2.24) is 0 Å². The Labute approximate surface area is 133 Å². The summed E-state index contributed by atoms with van der Waals surface area (Å²) in [5.74, 6) is 0.511. The van der Waals surface area contributed by atoms with Gasteiger partial charge in [0.05, 0.1) is 24.5 Å². The summed E-state index contributed by atoms with van der Waals surface area (Å²) in [7, 11) is 1.54. The Kier molecular flexibility index (Phi) is 6.55. The highest BCUT2D eigenvalue weighted by Gasteiger charge is 2.16. The van der Waals surface area contributed by atoms with Crippen LogP contribution < -0.4 is 26.3 Å². The average Bonchev–Trinajstić information content (AvgIpc) is 2.48. The van der Waals surface area contributed by atoms with E-state index >= 15 is 0 Å². The smallest absolute Gasteiger partial charge is 0.231 e. The highest BCUT2D eigenvalue weighted by atomic mass is 79.9. The van der Waals surface area contributed by atoms with Crippen molar-refractivity contribution in [1.29, 1.82) is 0 Å². The number of halogens is 1. The fourth-order valence-electron chi connectivity index (χ4n) is 1.91. The highest BCUT2D eigenvalue weighted by Crippen LogP contribution is 2.17. The first-order chi connectivity index (χ1) is 9.74. The summed E-state index contributed by atoms with van der Waals surface area (Å²) >= 11 is 0. The SMILES string of the molecule is COc1ccccc1C(=O)C[n+]1cccc(C=NO)c1.[Br-]. The summed E-state index contributed by atoms with van der Waals surface area (Å²) in [4.78, 5) is 12.3. The Morgan fingerprint density at radius 1 is 1.33 bits per heavy atom. The summed E-state index contributed by atoms with van der Waals surface area (Å²) in [5.41, 5.74) is 1.26. The van der Waals surface area contributed by atoms with Gasteiger partial charge in [0, 0.05) is 6.07 Å². The van der Waals surface area contributed by atoms with E-state index in [9.17, 15) is 4.79 Å². The van der Waals surface area contributed by atoms with Crippen molar-refractivity contribution < 1.29 is 36.3 Å². The largest absolute Gasteiger partial charge is 1.00 e. The van der Waals surface area contributed by atoms with Crippen LogP contribution in [0.5, 0.6) is 5.75 Å². The molecule has 6 heteroatoms. The van der Waals surface area contributed by atoms with Crippen LogP contribution in [-0.2, 0) is 6.54 Å². The van der Waals surface area contributed by atoms with Gasteiger partial charge in [0.25, 0.3) is 0 Å². The lowest BCUT2D eigenvalue weighted by molar-refractivity contribution is -0.683. The zero-order valence-electron chi connectivity index (χ0n) is 11.4. The number of pyridine rings is 1. The molecule has 0 unspecified atom stereocenters. The lowest BCUT2D eigenvalue weighted by Crippen LogP contribution is -3.00. The third-order valence-electron chi connectivity index (χ3n) is 2.82. The number of hydrogen-bond donors (Lipinski definition) is 1. The molecule has 0 bridgehead atoms. The molecule has 0 radical (unpaired) electrons. The molecule has 21 heavy (non-hydrogen) atoms. The molecular weight excluding hydrogens is 336 g/mol. The third kappa shape index (κ3) is 4.39. The summed E-state index contributed by atoms with van der Waals surface area (Å²) in [6.45, 7) is 0.188. The van der Waals surface area contributed by atoms with Crippen LogP contribution in [0.15, 0.2) is 53.9 Å². The fourth-order valence-corrected chi connectivity index (χ4v) is 1.91. The van der Waals surface area contributed by atoms with Crippen LogP contribution in [0.25, 0.3) is 0 Å². The lowest BCUT2D eigenvalue weighted by atomic mass is 10.1. The minimum Gasteiger partial charge on any atom is -1.00 e. The highest BCUT2D eigenvalue weighted by molar-refractivity contribution is 5.97. The standard InChI is InChI=1S/C15H14N2O3.BrH/c1-20-15-7-3-2-6-13(15)14(18)11-17-8-4-5-12(10-17)9-16-19;/h2-10H,11H2,1H3;1H. The monoisotopic (exact) mass is 350 g/mol. The second-order valence-corrected chi connectivity index (χ2v) is 4.18. The predicted molar refractivity (Wildman–Crippen MR) is 73.3 cm³/mol. The quantitative estimate of drug-likeness (QED) is 0.239. The first-order valence-corrected chi connectivity index (χ1v) is 6.07. The van der Waals surface area contributed by atoms with Gasteiger partial charge in [-0.15, -0.1) is 0 Å². The molecule has 0 atom stereocenters. The number of methoxy groups -OCH3 is 1. The lowest BCUT2D eigenvalue weighted by Gasteiger charge is -2.05. The first-order valence-electron chi connectivity index (χ1n) is 6.07. The van der Waals surface area contributed by atoms with E-state index in [2.05, 4.69) is 5.16 Å². The number of ketones is 1. The van der Waals surface area contributed by atoms with Crippen LogP contribution in [0.1, 0.15) is 15.9 Å². The van der Waals surface area contributed by atoms with Gasteiger partial charge in [-0.3, -0.25) is 4.79 Å². The van der Waals surface area contributed by atoms with Crippen LogP contribution in [0.4, 0.5) is 0 Å². The topological polar surface area (TPSA) is 62.8 Å². The molecule has 110 valence electrons. The maximum atomic E-state index is 12.3. The Hall–Kier alpha value is -2.21. The molecule has 0 saturated heterocycles. The number of hydrogen-bond acceptors (Lipinski definition) is 4. The van der Waals surface area contributed by atoms with Gasteiger partial charge in [-0.25, -0.2) is 0 Å². The molecule has 1 aromatic heterocycles. The Balaban J connectivity index is 0.00000220. The first kappa shape index (κ1) is 16.8. The van der Waals surface area contributed by atoms with Crippen molar-refractivity contribution in [3.05, 3.63) is 59.9 Å². The molecule has 0 aliphatic rings. The summed E-state index contributed by atoms with van der Waals surface area (Å²) in [6.07, 6.45) is 4.82. The molecule has 0 amide bonds. The Morgan fingerprint density at radius 2 is 2.10 bits per heavy atom. The van der Waals surface area contributed by atoms with Crippen molar-refractivity contribution in [2.75, 3.05) is 7.11 Å². The zero-order chi connectivity index (χ0) is 14.4. The molecule has 5 nitrogen and oxygen atoms in total. The van der Waals surface area contributed by atoms with Crippen molar-refractivity contribution in [3.63, 3.8) is 0 Å². The number of carbonyl (C=O) groups excluding carboxylic acids is 1. The van der Waals surface area contributed by atoms with Gasteiger partial charge in [0.1, 0.15) is 5.75 Å². The minimum absolute atomic E-state index is 0. The molecule has 1 heterocycles. The van der Waals surface area contributed by atoms with Crippen molar-refractivity contribution in [3.8, 4) is 5.75 Å². The van der Waals surface area contributed by atoms with Gasteiger partial charge < -0.3 is 26.9 Å². The van der Waals surface area contributed by atoms with Crippen LogP contribution in [-0.4, -0.2) is 24.3 Å². The molecular formula is C15H15BrN2O3. The fraction of sp³-hybridized carbons (Fsp3) is 0.133. The number of oxime groups is 1. The Bertz CT molecular complexity index is 644. The number of ether oxygens (including phenoxy) is 1. The number of Topliss-reactive ketones (excluding diaryl/α,β-unsaturated/α-hetero) is 1. The van der Waals surface area contributed by atoms with E-state index in [1.807, 2.05) is 6.07 Å². The van der Waals surface area contributed by atoms with Crippen molar-refractivity contribution in [2.45, 2.75) is 6.54 Å². The number of carbonyl (C=O) groups is 1. The minimum atomic E-state index is -0.0504. The molecule has 1 N–H and O–H groups in total. The average molecular weight is 351 g/mol. The van der Waals surface area contributed by atoms with E-state index in [0.717, 1.165) is 0 Å².